The number of carbonyl (C=O) groups excluding carboxylic acids is 1. The predicted octanol–water partition coefficient (Wildman–Crippen LogP) is 2.10. The highest BCUT2D eigenvalue weighted by molar-refractivity contribution is 6.04. The fraction of sp³-hybridized carbons (Fsp3) is 0.467. The number of nitrogens with one attached hydrogen (secondary N) is 1. The highest BCUT2D eigenvalue weighted by atomic mass is 19.4. The minimum absolute atomic E-state index is 0.105. The summed E-state index contributed by atoms with van der Waals surface area (Å²) in [6.45, 7) is 0.923. The molecule has 0 atom stereocenters. The van der Waals surface area contributed by atoms with Gasteiger partial charge >= 0.3 is 6.18 Å². The average molecular weight is 348 g/mol. The molecule has 0 bridgehead atoms. The second-order valence-electron chi connectivity index (χ2n) is 4.55. The third-order valence-corrected chi connectivity index (χ3v) is 2.75. The molecule has 0 saturated carbocycles. The van der Waals surface area contributed by atoms with Gasteiger partial charge in [0.1, 0.15) is 6.61 Å². The number of halogens is 3. The van der Waals surface area contributed by atoms with Crippen molar-refractivity contribution in [1.29, 1.82) is 0 Å². The van der Waals surface area contributed by atoms with E-state index in [4.69, 9.17) is 14.2 Å². The molecular weight excluding hydrogens is 329 g/mol. The van der Waals surface area contributed by atoms with E-state index in [9.17, 15) is 18.0 Å². The first-order chi connectivity index (χ1) is 11.4. The lowest BCUT2D eigenvalue weighted by Crippen LogP contribution is -2.34. The largest absolute Gasteiger partial charge is 0.463 e. The van der Waals surface area contributed by atoms with E-state index in [1.165, 1.54) is 20.3 Å². The Labute approximate surface area is 137 Å². The summed E-state index contributed by atoms with van der Waals surface area (Å²) >= 11 is 0. The molecule has 0 aliphatic carbocycles. The molecule has 6 nitrogen and oxygen atoms in total. The Kier molecular flexibility index (Phi) is 8.20. The van der Waals surface area contributed by atoms with Crippen LogP contribution in [0.4, 0.5) is 13.2 Å². The monoisotopic (exact) mass is 348 g/mol. The van der Waals surface area contributed by atoms with Gasteiger partial charge in [-0.15, -0.1) is 0 Å². The lowest BCUT2D eigenvalue weighted by atomic mass is 10.1. The topological polar surface area (TPSA) is 69.2 Å². The van der Waals surface area contributed by atoms with Gasteiger partial charge in [-0.1, -0.05) is 6.07 Å². The van der Waals surface area contributed by atoms with Crippen molar-refractivity contribution in [2.45, 2.75) is 6.18 Å². The Balaban J connectivity index is 2.81. The first-order valence-electron chi connectivity index (χ1n) is 7.02. The minimum Gasteiger partial charge on any atom is -0.463 e. The maximum Gasteiger partial charge on any atom is 0.416 e. The summed E-state index contributed by atoms with van der Waals surface area (Å²) in [5, 5.41) is 2.34. The van der Waals surface area contributed by atoms with Gasteiger partial charge in [-0.05, 0) is 18.2 Å². The summed E-state index contributed by atoms with van der Waals surface area (Å²) < 4.78 is 53.0. The van der Waals surface area contributed by atoms with Gasteiger partial charge in [0.2, 0.25) is 0 Å². The number of amides is 1. The normalized spacial score (nSPS) is 12.1. The number of carbonyl (C=O) groups is 1. The zero-order valence-electron chi connectivity index (χ0n) is 13.4. The summed E-state index contributed by atoms with van der Waals surface area (Å²) in [5.74, 6) is -0.755. The van der Waals surface area contributed by atoms with Crippen molar-refractivity contribution in [3.63, 3.8) is 0 Å². The molecule has 1 N–H and O–H groups in total. The maximum absolute atomic E-state index is 12.7. The molecule has 0 aliphatic heterocycles. The molecule has 0 spiro atoms. The van der Waals surface area contributed by atoms with Crippen molar-refractivity contribution >= 4 is 11.9 Å². The van der Waals surface area contributed by atoms with Crippen LogP contribution in [0.15, 0.2) is 29.3 Å². The van der Waals surface area contributed by atoms with Crippen LogP contribution in [0.2, 0.25) is 0 Å². The Bertz CT molecular complexity index is 562. The van der Waals surface area contributed by atoms with E-state index in [0.717, 1.165) is 18.2 Å². The van der Waals surface area contributed by atoms with Crippen LogP contribution in [0.5, 0.6) is 0 Å². The molecule has 0 unspecified atom stereocenters. The van der Waals surface area contributed by atoms with Crippen LogP contribution < -0.4 is 5.32 Å². The standard InChI is InChI=1S/C15H19F3N2O4/c1-22-7-6-19-14(24-9-8-23-2)20-13(21)11-4-3-5-12(10-11)15(16,17)18/h3-5,10H,6-9H2,1-2H3,(H,19,20,21). The third-order valence-electron chi connectivity index (χ3n) is 2.75. The number of ether oxygens (including phenoxy) is 3. The lowest BCUT2D eigenvalue weighted by molar-refractivity contribution is -0.137. The van der Waals surface area contributed by atoms with Crippen molar-refractivity contribution in [3.8, 4) is 0 Å². The quantitative estimate of drug-likeness (QED) is 0.465. The summed E-state index contributed by atoms with van der Waals surface area (Å²) in [5.41, 5.74) is -1.06. The number of hydrogen-bond acceptors (Lipinski definition) is 5. The van der Waals surface area contributed by atoms with E-state index >= 15 is 0 Å². The first-order valence-corrected chi connectivity index (χ1v) is 7.02. The van der Waals surface area contributed by atoms with Crippen molar-refractivity contribution in [2.75, 3.05) is 40.6 Å². The molecule has 0 aliphatic rings. The van der Waals surface area contributed by atoms with Crippen molar-refractivity contribution in [2.24, 2.45) is 4.99 Å². The molecule has 1 amide bonds. The van der Waals surface area contributed by atoms with Gasteiger partial charge in [-0.3, -0.25) is 10.1 Å². The zero-order chi connectivity index (χ0) is 18.0. The number of nitrogens with zero attached hydrogens (tertiary/aromatic N) is 1. The number of amidine groups is 1. The molecule has 24 heavy (non-hydrogen) atoms. The number of rotatable bonds is 7. The van der Waals surface area contributed by atoms with Crippen molar-refractivity contribution < 1.29 is 32.2 Å². The molecule has 0 heterocycles. The van der Waals surface area contributed by atoms with Crippen LogP contribution >= 0.6 is 0 Å². The molecule has 1 aromatic carbocycles. The summed E-state index contributed by atoms with van der Waals surface area (Å²) in [6.07, 6.45) is -4.53. The van der Waals surface area contributed by atoms with Gasteiger partial charge in [-0.25, -0.2) is 4.99 Å². The van der Waals surface area contributed by atoms with E-state index < -0.39 is 17.6 Å². The Hall–Kier alpha value is -2.13. The molecular formula is C15H19F3N2O4. The van der Waals surface area contributed by atoms with E-state index in [1.54, 1.807) is 0 Å². The highest BCUT2D eigenvalue weighted by Crippen LogP contribution is 2.29. The fourth-order valence-corrected chi connectivity index (χ4v) is 1.59. The van der Waals surface area contributed by atoms with Crippen LogP contribution in [0, 0.1) is 0 Å². The molecule has 0 aromatic heterocycles. The number of hydrogen-bond donors (Lipinski definition) is 1. The average Bonchev–Trinajstić information content (AvgIpc) is 2.54. The van der Waals surface area contributed by atoms with E-state index in [1.807, 2.05) is 0 Å². The molecule has 134 valence electrons. The number of alkyl halides is 3. The summed E-state index contributed by atoms with van der Waals surface area (Å²) in [6, 6.07) is 3.97. The summed E-state index contributed by atoms with van der Waals surface area (Å²) in [7, 11) is 2.97. The third kappa shape index (κ3) is 6.97. The molecule has 0 radical (unpaired) electrons. The second kappa shape index (κ2) is 9.89. The van der Waals surface area contributed by atoms with Crippen LogP contribution in [-0.2, 0) is 20.4 Å². The van der Waals surface area contributed by atoms with Crippen LogP contribution in [0.3, 0.4) is 0 Å². The van der Waals surface area contributed by atoms with Gasteiger partial charge < -0.3 is 14.2 Å². The molecule has 0 saturated heterocycles. The van der Waals surface area contributed by atoms with Gasteiger partial charge in [0, 0.05) is 19.8 Å². The van der Waals surface area contributed by atoms with Crippen LogP contribution in [-0.4, -0.2) is 52.5 Å². The van der Waals surface area contributed by atoms with Crippen LogP contribution in [0.1, 0.15) is 15.9 Å². The maximum atomic E-state index is 12.7. The van der Waals surface area contributed by atoms with Gasteiger partial charge in [0.25, 0.3) is 11.9 Å². The Morgan fingerprint density at radius 2 is 1.88 bits per heavy atom. The predicted molar refractivity (Wildman–Crippen MR) is 80.9 cm³/mol. The number of benzene rings is 1. The summed E-state index contributed by atoms with van der Waals surface area (Å²) in [4.78, 5) is 16.1. The fourth-order valence-electron chi connectivity index (χ4n) is 1.59. The van der Waals surface area contributed by atoms with Gasteiger partial charge in [0.05, 0.1) is 25.3 Å². The van der Waals surface area contributed by atoms with E-state index in [0.29, 0.717) is 6.61 Å². The second-order valence-corrected chi connectivity index (χ2v) is 4.55. The lowest BCUT2D eigenvalue weighted by Gasteiger charge is -2.12. The van der Waals surface area contributed by atoms with Crippen molar-refractivity contribution in [1.82, 2.24) is 5.32 Å². The van der Waals surface area contributed by atoms with E-state index in [-0.39, 0.29) is 31.3 Å². The molecule has 0 fully saturated rings. The number of methoxy groups -OCH3 is 2. The molecule has 1 aromatic rings. The Morgan fingerprint density at radius 1 is 1.17 bits per heavy atom. The minimum atomic E-state index is -4.53. The van der Waals surface area contributed by atoms with Gasteiger partial charge in [0.15, 0.2) is 0 Å². The molecule has 1 rings (SSSR count). The first kappa shape index (κ1) is 19.9. The van der Waals surface area contributed by atoms with Crippen LogP contribution in [0.25, 0.3) is 0 Å². The zero-order valence-corrected chi connectivity index (χ0v) is 13.4. The number of aliphatic imine (C=N–C) groups is 1. The Morgan fingerprint density at radius 3 is 2.50 bits per heavy atom. The van der Waals surface area contributed by atoms with E-state index in [2.05, 4.69) is 10.3 Å². The van der Waals surface area contributed by atoms with Crippen molar-refractivity contribution in [3.05, 3.63) is 35.4 Å². The van der Waals surface area contributed by atoms with Gasteiger partial charge in [-0.2, -0.15) is 13.2 Å². The molecule has 9 heteroatoms. The smallest absolute Gasteiger partial charge is 0.416 e. The highest BCUT2D eigenvalue weighted by Gasteiger charge is 2.31. The SMILES string of the molecule is COCCN=C(NC(=O)c1cccc(C(F)(F)F)c1)OCCOC.